The molecular weight excluding hydrogens is 267 g/mol. The predicted octanol–water partition coefficient (Wildman–Crippen LogP) is 2.14. The molecule has 1 fully saturated rings. The van der Waals surface area contributed by atoms with Crippen molar-refractivity contribution in [1.29, 1.82) is 5.26 Å². The summed E-state index contributed by atoms with van der Waals surface area (Å²) in [6, 6.07) is 7.27. The van der Waals surface area contributed by atoms with Crippen molar-refractivity contribution in [2.75, 3.05) is 13.1 Å². The van der Waals surface area contributed by atoms with Crippen LogP contribution in [0.25, 0.3) is 0 Å². The highest BCUT2D eigenvalue weighted by Crippen LogP contribution is 2.32. The van der Waals surface area contributed by atoms with Gasteiger partial charge in [0.1, 0.15) is 10.7 Å². The number of hydrogen-bond donors (Lipinski definition) is 0. The summed E-state index contributed by atoms with van der Waals surface area (Å²) in [5, 5.41) is 8.61. The van der Waals surface area contributed by atoms with Crippen LogP contribution >= 0.6 is 0 Å². The van der Waals surface area contributed by atoms with Crippen LogP contribution < -0.4 is 0 Å². The van der Waals surface area contributed by atoms with Crippen LogP contribution in [0.15, 0.2) is 29.2 Å². The highest BCUT2D eigenvalue weighted by molar-refractivity contribution is 7.89. The molecule has 1 aliphatic rings. The molecule has 0 saturated heterocycles. The minimum Gasteiger partial charge on any atom is -0.207 e. The van der Waals surface area contributed by atoms with Gasteiger partial charge in [0.15, 0.2) is 0 Å². The highest BCUT2D eigenvalue weighted by Gasteiger charge is 2.32. The highest BCUT2D eigenvalue weighted by atomic mass is 32.2. The number of nitriles is 1. The molecule has 0 N–H and O–H groups in total. The topological polar surface area (TPSA) is 61.2 Å². The molecule has 6 heteroatoms. The molecule has 0 heterocycles. The van der Waals surface area contributed by atoms with E-state index >= 15 is 0 Å². The first-order valence-electron chi connectivity index (χ1n) is 6.17. The molecule has 19 heavy (non-hydrogen) atoms. The van der Waals surface area contributed by atoms with Crippen LogP contribution in [0.3, 0.4) is 0 Å². The third-order valence-corrected chi connectivity index (χ3v) is 4.98. The third kappa shape index (κ3) is 3.31. The standard InChI is InChI=1S/C13H15FN2O2S/c14-12-4-1-2-5-13(12)19(17,18)16(9-3-8-15)10-11-6-7-11/h1-2,4-5,11H,3,6-7,9-10H2. The zero-order valence-corrected chi connectivity index (χ0v) is 11.2. The third-order valence-electron chi connectivity index (χ3n) is 3.09. The molecule has 1 aliphatic carbocycles. The van der Waals surface area contributed by atoms with Crippen molar-refractivity contribution < 1.29 is 12.8 Å². The van der Waals surface area contributed by atoms with Gasteiger partial charge in [0.2, 0.25) is 10.0 Å². The van der Waals surface area contributed by atoms with Crippen molar-refractivity contribution in [3.8, 4) is 6.07 Å². The lowest BCUT2D eigenvalue weighted by atomic mass is 10.3. The molecule has 0 unspecified atom stereocenters. The fraction of sp³-hybridized carbons (Fsp3) is 0.462. The molecule has 102 valence electrons. The van der Waals surface area contributed by atoms with Gasteiger partial charge < -0.3 is 0 Å². The van der Waals surface area contributed by atoms with Gasteiger partial charge in [0, 0.05) is 19.5 Å². The predicted molar refractivity (Wildman–Crippen MR) is 68.1 cm³/mol. The number of hydrogen-bond acceptors (Lipinski definition) is 3. The molecule has 1 aromatic rings. The summed E-state index contributed by atoms with van der Waals surface area (Å²) in [6.07, 6.45) is 2.10. The summed E-state index contributed by atoms with van der Waals surface area (Å²) < 4.78 is 39.7. The van der Waals surface area contributed by atoms with Crippen LogP contribution in [0.1, 0.15) is 19.3 Å². The number of nitrogens with zero attached hydrogens (tertiary/aromatic N) is 2. The van der Waals surface area contributed by atoms with E-state index in [1.165, 1.54) is 22.5 Å². The van der Waals surface area contributed by atoms with E-state index in [0.717, 1.165) is 18.9 Å². The molecule has 0 atom stereocenters. The van der Waals surface area contributed by atoms with Gasteiger partial charge in [-0.25, -0.2) is 12.8 Å². The normalized spacial score (nSPS) is 15.4. The molecule has 1 saturated carbocycles. The van der Waals surface area contributed by atoms with Gasteiger partial charge in [-0.3, -0.25) is 0 Å². The van der Waals surface area contributed by atoms with Gasteiger partial charge in [-0.2, -0.15) is 9.57 Å². The van der Waals surface area contributed by atoms with Crippen LogP contribution in [-0.4, -0.2) is 25.8 Å². The first-order valence-corrected chi connectivity index (χ1v) is 7.61. The number of halogens is 1. The maximum Gasteiger partial charge on any atom is 0.246 e. The van der Waals surface area contributed by atoms with Crippen LogP contribution in [0, 0.1) is 23.1 Å². The average Bonchev–Trinajstić information content (AvgIpc) is 3.18. The van der Waals surface area contributed by atoms with Gasteiger partial charge in [-0.1, -0.05) is 12.1 Å². The van der Waals surface area contributed by atoms with Crippen LogP contribution in [0.5, 0.6) is 0 Å². The number of benzene rings is 1. The van der Waals surface area contributed by atoms with E-state index in [2.05, 4.69) is 0 Å². The van der Waals surface area contributed by atoms with Crippen molar-refractivity contribution in [2.24, 2.45) is 5.92 Å². The second kappa shape index (κ2) is 5.68. The lowest BCUT2D eigenvalue weighted by Crippen LogP contribution is -2.34. The smallest absolute Gasteiger partial charge is 0.207 e. The fourth-order valence-corrected chi connectivity index (χ4v) is 3.45. The molecule has 4 nitrogen and oxygen atoms in total. The molecule has 0 aromatic heterocycles. The van der Waals surface area contributed by atoms with E-state index in [-0.39, 0.29) is 17.9 Å². The molecule has 1 aromatic carbocycles. The van der Waals surface area contributed by atoms with Gasteiger partial charge in [-0.15, -0.1) is 0 Å². The molecule has 2 rings (SSSR count). The van der Waals surface area contributed by atoms with E-state index in [4.69, 9.17) is 5.26 Å². The van der Waals surface area contributed by atoms with Crippen molar-refractivity contribution in [1.82, 2.24) is 4.31 Å². The fourth-order valence-electron chi connectivity index (χ4n) is 1.87. The molecule has 0 radical (unpaired) electrons. The maximum atomic E-state index is 13.6. The van der Waals surface area contributed by atoms with E-state index < -0.39 is 15.8 Å². The van der Waals surface area contributed by atoms with E-state index in [1.807, 2.05) is 6.07 Å². The van der Waals surface area contributed by atoms with E-state index in [9.17, 15) is 12.8 Å². The minimum absolute atomic E-state index is 0.112. The molecule has 0 bridgehead atoms. The Morgan fingerprint density at radius 3 is 2.63 bits per heavy atom. The van der Waals surface area contributed by atoms with Gasteiger partial charge in [0.05, 0.1) is 6.07 Å². The average molecular weight is 282 g/mol. The monoisotopic (exact) mass is 282 g/mol. The van der Waals surface area contributed by atoms with Crippen LogP contribution in [-0.2, 0) is 10.0 Å². The van der Waals surface area contributed by atoms with Crippen molar-refractivity contribution in [3.05, 3.63) is 30.1 Å². The summed E-state index contributed by atoms with van der Waals surface area (Å²) in [7, 11) is -3.85. The first kappa shape index (κ1) is 14.0. The molecular formula is C13H15FN2O2S. The second-order valence-electron chi connectivity index (χ2n) is 4.64. The van der Waals surface area contributed by atoms with Gasteiger partial charge >= 0.3 is 0 Å². The number of rotatable bonds is 6. The Morgan fingerprint density at radius 1 is 1.37 bits per heavy atom. The van der Waals surface area contributed by atoms with Crippen molar-refractivity contribution in [2.45, 2.75) is 24.2 Å². The summed E-state index contributed by atoms with van der Waals surface area (Å²) >= 11 is 0. The van der Waals surface area contributed by atoms with Crippen LogP contribution in [0.4, 0.5) is 4.39 Å². The Labute approximate surface area is 112 Å². The lowest BCUT2D eigenvalue weighted by Gasteiger charge is -2.21. The number of sulfonamides is 1. The minimum atomic E-state index is -3.85. The van der Waals surface area contributed by atoms with Crippen LogP contribution in [0.2, 0.25) is 0 Å². The lowest BCUT2D eigenvalue weighted by molar-refractivity contribution is 0.399. The Balaban J connectivity index is 2.27. The SMILES string of the molecule is N#CCCN(CC1CC1)S(=O)(=O)c1ccccc1F. The summed E-state index contributed by atoms with van der Waals surface area (Å²) in [5.41, 5.74) is 0. The van der Waals surface area contributed by atoms with E-state index in [0.29, 0.717) is 12.5 Å². The van der Waals surface area contributed by atoms with E-state index in [1.54, 1.807) is 0 Å². The molecule has 0 spiro atoms. The van der Waals surface area contributed by atoms with Gasteiger partial charge in [-0.05, 0) is 30.9 Å². The Hall–Kier alpha value is -1.45. The Kier molecular flexibility index (Phi) is 4.17. The van der Waals surface area contributed by atoms with Crippen molar-refractivity contribution >= 4 is 10.0 Å². The quantitative estimate of drug-likeness (QED) is 0.803. The van der Waals surface area contributed by atoms with Gasteiger partial charge in [0.25, 0.3) is 0 Å². The van der Waals surface area contributed by atoms with Crippen molar-refractivity contribution in [3.63, 3.8) is 0 Å². The Morgan fingerprint density at radius 2 is 2.05 bits per heavy atom. The second-order valence-corrected chi connectivity index (χ2v) is 6.55. The first-order chi connectivity index (χ1) is 9.05. The summed E-state index contributed by atoms with van der Waals surface area (Å²) in [4.78, 5) is -0.311. The summed E-state index contributed by atoms with van der Waals surface area (Å²) in [6.45, 7) is 0.488. The zero-order valence-electron chi connectivity index (χ0n) is 10.4. The maximum absolute atomic E-state index is 13.6. The zero-order chi connectivity index (χ0) is 13.9. The largest absolute Gasteiger partial charge is 0.246 e. The molecule has 0 amide bonds. The molecule has 0 aliphatic heterocycles. The Bertz CT molecular complexity index is 591. The summed E-state index contributed by atoms with van der Waals surface area (Å²) in [5.74, 6) is -0.402.